The lowest BCUT2D eigenvalue weighted by Gasteiger charge is -2.22. The molecule has 0 bridgehead atoms. The first-order chi connectivity index (χ1) is 17.3. The predicted octanol–water partition coefficient (Wildman–Crippen LogP) is 9.82. The molecule has 0 N–H and O–H groups in total. The van der Waals surface area contributed by atoms with Crippen LogP contribution in [0.15, 0.2) is 109 Å². The first-order valence-corrected chi connectivity index (χ1v) is 12.1. The molecule has 0 atom stereocenters. The van der Waals surface area contributed by atoms with Crippen LogP contribution in [0.25, 0.3) is 75.8 Å². The monoisotopic (exact) mass is 442 g/mol. The molecule has 9 rings (SSSR count). The largest absolute Gasteiger partial charge is 0.456 e. The molecule has 1 aliphatic rings. The van der Waals surface area contributed by atoms with E-state index in [1.54, 1.807) is 0 Å². The lowest BCUT2D eigenvalue weighted by molar-refractivity contribution is 0.493. The van der Waals surface area contributed by atoms with Gasteiger partial charge in [0.05, 0.1) is 0 Å². The Hall–Kier alpha value is -4.62. The van der Waals surface area contributed by atoms with Gasteiger partial charge in [-0.25, -0.2) is 0 Å². The molecule has 0 aliphatic carbocycles. The molecular formula is C34H18O. The van der Waals surface area contributed by atoms with E-state index in [0.717, 1.165) is 11.5 Å². The summed E-state index contributed by atoms with van der Waals surface area (Å²) in [5.74, 6) is 1.89. The average Bonchev–Trinajstić information content (AvgIpc) is 2.92. The van der Waals surface area contributed by atoms with Gasteiger partial charge in [-0.2, -0.15) is 0 Å². The van der Waals surface area contributed by atoms with Crippen molar-refractivity contribution >= 4 is 64.6 Å². The fraction of sp³-hybridized carbons (Fsp3) is 0. The second-order valence-electron chi connectivity index (χ2n) is 9.69. The molecule has 0 saturated carbocycles. The third kappa shape index (κ3) is 2.14. The zero-order valence-corrected chi connectivity index (χ0v) is 18.8. The third-order valence-electron chi connectivity index (χ3n) is 7.97. The van der Waals surface area contributed by atoms with Crippen LogP contribution in [0.5, 0.6) is 11.5 Å². The molecule has 35 heavy (non-hydrogen) atoms. The van der Waals surface area contributed by atoms with Crippen LogP contribution in [-0.4, -0.2) is 0 Å². The lowest BCUT2D eigenvalue weighted by atomic mass is 9.86. The fourth-order valence-corrected chi connectivity index (χ4v) is 6.47. The van der Waals surface area contributed by atoms with E-state index in [0.29, 0.717) is 0 Å². The van der Waals surface area contributed by atoms with Gasteiger partial charge in [0.15, 0.2) is 0 Å². The molecule has 1 nitrogen and oxygen atoms in total. The van der Waals surface area contributed by atoms with Gasteiger partial charge < -0.3 is 4.74 Å². The first-order valence-electron chi connectivity index (χ1n) is 12.1. The quantitative estimate of drug-likeness (QED) is 0.230. The van der Waals surface area contributed by atoms with Crippen molar-refractivity contribution in [3.8, 4) is 22.6 Å². The van der Waals surface area contributed by atoms with Crippen molar-refractivity contribution in [2.24, 2.45) is 0 Å². The van der Waals surface area contributed by atoms with Crippen molar-refractivity contribution in [1.82, 2.24) is 0 Å². The van der Waals surface area contributed by atoms with Gasteiger partial charge in [-0.05, 0) is 71.7 Å². The van der Waals surface area contributed by atoms with Gasteiger partial charge in [-0.3, -0.25) is 0 Å². The van der Waals surface area contributed by atoms with Crippen LogP contribution in [0, 0.1) is 0 Å². The summed E-state index contributed by atoms with van der Waals surface area (Å²) in [7, 11) is 0. The molecule has 0 spiro atoms. The van der Waals surface area contributed by atoms with Crippen LogP contribution in [0.3, 0.4) is 0 Å². The standard InChI is InChI=1S/C34H18O/c1-3-19-7-9-22-11-14-24(26-15-12-20(4-1)30(19)31(22)26)25-17-18-29-34-27(25)16-13-23-10-8-21-5-2-6-28(35-29)32(21)33(23)34/h1-18H. The highest BCUT2D eigenvalue weighted by Gasteiger charge is 2.21. The third-order valence-corrected chi connectivity index (χ3v) is 7.97. The van der Waals surface area contributed by atoms with Gasteiger partial charge >= 0.3 is 0 Å². The van der Waals surface area contributed by atoms with Gasteiger partial charge in [0.25, 0.3) is 0 Å². The maximum atomic E-state index is 6.46. The molecule has 0 radical (unpaired) electrons. The molecular weight excluding hydrogens is 424 g/mol. The molecule has 0 unspecified atom stereocenters. The summed E-state index contributed by atoms with van der Waals surface area (Å²) in [4.78, 5) is 0. The molecule has 0 saturated heterocycles. The maximum absolute atomic E-state index is 6.46. The summed E-state index contributed by atoms with van der Waals surface area (Å²) in [6.45, 7) is 0. The van der Waals surface area contributed by atoms with Crippen LogP contribution < -0.4 is 4.74 Å². The smallest absolute Gasteiger partial charge is 0.135 e. The Morgan fingerprint density at radius 2 is 0.800 bits per heavy atom. The molecule has 1 aliphatic heterocycles. The predicted molar refractivity (Wildman–Crippen MR) is 148 cm³/mol. The molecule has 1 heterocycles. The van der Waals surface area contributed by atoms with E-state index in [4.69, 9.17) is 4.74 Å². The maximum Gasteiger partial charge on any atom is 0.135 e. The minimum atomic E-state index is 0.943. The van der Waals surface area contributed by atoms with Gasteiger partial charge in [-0.1, -0.05) is 97.1 Å². The van der Waals surface area contributed by atoms with Gasteiger partial charge in [0.2, 0.25) is 0 Å². The van der Waals surface area contributed by atoms with Crippen LogP contribution in [0.4, 0.5) is 0 Å². The lowest BCUT2D eigenvalue weighted by Crippen LogP contribution is -1.96. The molecule has 0 amide bonds. The van der Waals surface area contributed by atoms with Gasteiger partial charge in [0, 0.05) is 16.2 Å². The highest BCUT2D eigenvalue weighted by atomic mass is 16.5. The van der Waals surface area contributed by atoms with Gasteiger partial charge in [-0.15, -0.1) is 0 Å². The van der Waals surface area contributed by atoms with Gasteiger partial charge in [0.1, 0.15) is 11.5 Å². The molecule has 160 valence electrons. The van der Waals surface area contributed by atoms with E-state index in [2.05, 4.69) is 109 Å². The van der Waals surface area contributed by atoms with Crippen molar-refractivity contribution in [3.05, 3.63) is 109 Å². The Morgan fingerprint density at radius 1 is 0.314 bits per heavy atom. The van der Waals surface area contributed by atoms with E-state index >= 15 is 0 Å². The number of ether oxygens (including phenoxy) is 1. The summed E-state index contributed by atoms with van der Waals surface area (Å²) in [5, 5.41) is 15.4. The number of hydrogen-bond acceptors (Lipinski definition) is 1. The summed E-state index contributed by atoms with van der Waals surface area (Å²) in [5.41, 5.74) is 2.52. The van der Waals surface area contributed by atoms with Crippen molar-refractivity contribution in [1.29, 1.82) is 0 Å². The molecule has 8 aromatic carbocycles. The Morgan fingerprint density at radius 3 is 1.54 bits per heavy atom. The second-order valence-corrected chi connectivity index (χ2v) is 9.69. The summed E-state index contributed by atoms with van der Waals surface area (Å²) >= 11 is 0. The van der Waals surface area contributed by atoms with E-state index < -0.39 is 0 Å². The highest BCUT2D eigenvalue weighted by molar-refractivity contribution is 6.29. The Kier molecular flexibility index (Phi) is 3.09. The minimum Gasteiger partial charge on any atom is -0.456 e. The summed E-state index contributed by atoms with van der Waals surface area (Å²) in [6, 6.07) is 39.9. The van der Waals surface area contributed by atoms with E-state index in [1.807, 2.05) is 0 Å². The van der Waals surface area contributed by atoms with Crippen molar-refractivity contribution in [2.45, 2.75) is 0 Å². The second kappa shape index (κ2) is 6.08. The highest BCUT2D eigenvalue weighted by Crippen LogP contribution is 2.50. The van der Waals surface area contributed by atoms with E-state index in [1.165, 1.54) is 75.8 Å². The normalized spacial score (nSPS) is 12.8. The summed E-state index contributed by atoms with van der Waals surface area (Å²) in [6.07, 6.45) is 0. The molecule has 0 aromatic heterocycles. The molecule has 8 aromatic rings. The summed E-state index contributed by atoms with van der Waals surface area (Å²) < 4.78 is 6.46. The SMILES string of the molecule is c1cc2c3c(c1)ccc1ccc4c(-c5ccc6ccc7cccc8ccc5c6c78)ccc(c4c13)O2. The van der Waals surface area contributed by atoms with Crippen LogP contribution >= 0.6 is 0 Å². The zero-order chi connectivity index (χ0) is 22.7. The van der Waals surface area contributed by atoms with E-state index in [-0.39, 0.29) is 0 Å². The van der Waals surface area contributed by atoms with Crippen molar-refractivity contribution < 1.29 is 4.74 Å². The number of benzene rings is 8. The molecule has 0 fully saturated rings. The Balaban J connectivity index is 1.46. The van der Waals surface area contributed by atoms with Crippen LogP contribution in [0.2, 0.25) is 0 Å². The number of rotatable bonds is 1. The van der Waals surface area contributed by atoms with Crippen molar-refractivity contribution in [3.63, 3.8) is 0 Å². The topological polar surface area (TPSA) is 9.23 Å². The van der Waals surface area contributed by atoms with Crippen LogP contribution in [-0.2, 0) is 0 Å². The first kappa shape index (κ1) is 17.8. The van der Waals surface area contributed by atoms with Crippen LogP contribution in [0.1, 0.15) is 0 Å². The minimum absolute atomic E-state index is 0.943. The van der Waals surface area contributed by atoms with Crippen molar-refractivity contribution in [2.75, 3.05) is 0 Å². The Labute approximate surface area is 201 Å². The van der Waals surface area contributed by atoms with E-state index in [9.17, 15) is 0 Å². The zero-order valence-electron chi connectivity index (χ0n) is 18.8. The fourth-order valence-electron chi connectivity index (χ4n) is 6.47. The number of hydrogen-bond donors (Lipinski definition) is 0. The average molecular weight is 443 g/mol. The molecule has 1 heteroatoms. The Bertz CT molecular complexity index is 2170.